The van der Waals surface area contributed by atoms with E-state index < -0.39 is 0 Å². The maximum absolute atomic E-state index is 6.09. The van der Waals surface area contributed by atoms with Crippen LogP contribution < -0.4 is 10.1 Å². The highest BCUT2D eigenvalue weighted by molar-refractivity contribution is 6.30. The van der Waals surface area contributed by atoms with E-state index in [0.29, 0.717) is 24.1 Å². The van der Waals surface area contributed by atoms with Crippen molar-refractivity contribution in [2.24, 2.45) is 0 Å². The van der Waals surface area contributed by atoms with E-state index in [1.54, 1.807) is 30.9 Å². The molecular formula is C17H15ClN4O. The second kappa shape index (κ2) is 7.56. The SMILES string of the molecule is Clc1ccc(OCc2cccnc2)c(CNc2ncccn2)c1. The molecule has 2 aromatic heterocycles. The smallest absolute Gasteiger partial charge is 0.222 e. The zero-order valence-corrected chi connectivity index (χ0v) is 13.1. The van der Waals surface area contributed by atoms with E-state index in [2.05, 4.69) is 20.3 Å². The van der Waals surface area contributed by atoms with Crippen molar-refractivity contribution < 1.29 is 4.74 Å². The summed E-state index contributed by atoms with van der Waals surface area (Å²) in [6, 6.07) is 11.2. The van der Waals surface area contributed by atoms with Gasteiger partial charge < -0.3 is 10.1 Å². The molecule has 2 heterocycles. The lowest BCUT2D eigenvalue weighted by molar-refractivity contribution is 0.303. The van der Waals surface area contributed by atoms with Gasteiger partial charge in [0, 0.05) is 47.5 Å². The number of anilines is 1. The van der Waals surface area contributed by atoms with Crippen LogP contribution >= 0.6 is 11.6 Å². The summed E-state index contributed by atoms with van der Waals surface area (Å²) in [5, 5.41) is 3.81. The molecule has 0 aliphatic rings. The van der Waals surface area contributed by atoms with E-state index in [1.165, 1.54) is 0 Å². The molecule has 0 bridgehead atoms. The van der Waals surface area contributed by atoms with Crippen molar-refractivity contribution in [3.63, 3.8) is 0 Å². The number of nitrogens with zero attached hydrogens (tertiary/aromatic N) is 3. The molecule has 6 heteroatoms. The monoisotopic (exact) mass is 326 g/mol. The van der Waals surface area contributed by atoms with Crippen molar-refractivity contribution in [1.29, 1.82) is 0 Å². The van der Waals surface area contributed by atoms with Gasteiger partial charge in [-0.1, -0.05) is 17.7 Å². The van der Waals surface area contributed by atoms with Crippen molar-refractivity contribution in [1.82, 2.24) is 15.0 Å². The quantitative estimate of drug-likeness (QED) is 0.748. The second-order valence-corrected chi connectivity index (χ2v) is 5.26. The summed E-state index contributed by atoms with van der Waals surface area (Å²) in [6.45, 7) is 0.969. The molecule has 5 nitrogen and oxygen atoms in total. The van der Waals surface area contributed by atoms with Crippen LogP contribution in [0.4, 0.5) is 5.95 Å². The van der Waals surface area contributed by atoms with Crippen molar-refractivity contribution in [3.05, 3.63) is 77.3 Å². The van der Waals surface area contributed by atoms with Crippen molar-refractivity contribution in [2.75, 3.05) is 5.32 Å². The normalized spacial score (nSPS) is 10.3. The first-order chi connectivity index (χ1) is 11.3. The topological polar surface area (TPSA) is 59.9 Å². The van der Waals surface area contributed by atoms with Gasteiger partial charge >= 0.3 is 0 Å². The molecule has 0 aliphatic carbocycles. The molecule has 0 aliphatic heterocycles. The van der Waals surface area contributed by atoms with Crippen LogP contribution in [0.25, 0.3) is 0 Å². The number of hydrogen-bond acceptors (Lipinski definition) is 5. The summed E-state index contributed by atoms with van der Waals surface area (Å²) < 4.78 is 5.89. The van der Waals surface area contributed by atoms with Crippen LogP contribution in [0, 0.1) is 0 Å². The molecule has 0 unspecified atom stereocenters. The lowest BCUT2D eigenvalue weighted by atomic mass is 10.2. The molecule has 0 atom stereocenters. The molecule has 1 N–H and O–H groups in total. The zero-order chi connectivity index (χ0) is 15.9. The lowest BCUT2D eigenvalue weighted by Gasteiger charge is -2.12. The number of benzene rings is 1. The molecule has 3 aromatic rings. The first kappa shape index (κ1) is 15.2. The molecule has 0 saturated carbocycles. The Morgan fingerprint density at radius 1 is 1.04 bits per heavy atom. The number of halogens is 1. The largest absolute Gasteiger partial charge is 0.488 e. The van der Waals surface area contributed by atoms with E-state index in [-0.39, 0.29) is 0 Å². The third-order valence-corrected chi connectivity index (χ3v) is 3.38. The van der Waals surface area contributed by atoms with Crippen molar-refractivity contribution in [3.8, 4) is 5.75 Å². The Balaban J connectivity index is 1.70. The van der Waals surface area contributed by atoms with Gasteiger partial charge in [-0.05, 0) is 30.3 Å². The Morgan fingerprint density at radius 2 is 1.91 bits per heavy atom. The molecule has 3 rings (SSSR count). The van der Waals surface area contributed by atoms with Gasteiger partial charge in [0.1, 0.15) is 12.4 Å². The molecule has 23 heavy (non-hydrogen) atoms. The molecule has 0 amide bonds. The maximum atomic E-state index is 6.09. The molecule has 0 saturated heterocycles. The van der Waals surface area contributed by atoms with Crippen LogP contribution in [0.15, 0.2) is 61.2 Å². The lowest BCUT2D eigenvalue weighted by Crippen LogP contribution is -2.06. The number of pyridine rings is 1. The zero-order valence-electron chi connectivity index (χ0n) is 12.3. The Hall–Kier alpha value is -2.66. The minimum Gasteiger partial charge on any atom is -0.488 e. The predicted molar refractivity (Wildman–Crippen MR) is 89.4 cm³/mol. The standard InChI is InChI=1S/C17H15ClN4O/c18-15-4-5-16(23-12-13-3-1-6-19-10-13)14(9-15)11-22-17-20-7-2-8-21-17/h1-10H,11-12H2,(H,20,21,22). The molecule has 0 fully saturated rings. The van der Waals surface area contributed by atoms with Crippen LogP contribution in [0.1, 0.15) is 11.1 Å². The van der Waals surface area contributed by atoms with Crippen LogP contribution in [0.2, 0.25) is 5.02 Å². The van der Waals surface area contributed by atoms with Gasteiger partial charge in [-0.15, -0.1) is 0 Å². The fourth-order valence-corrected chi connectivity index (χ4v) is 2.23. The van der Waals surface area contributed by atoms with E-state index in [0.717, 1.165) is 16.9 Å². The molecule has 116 valence electrons. The number of hydrogen-bond donors (Lipinski definition) is 1. The number of ether oxygens (including phenoxy) is 1. The minimum absolute atomic E-state index is 0.449. The molecule has 0 spiro atoms. The maximum Gasteiger partial charge on any atom is 0.222 e. The minimum atomic E-state index is 0.449. The summed E-state index contributed by atoms with van der Waals surface area (Å²) in [5.41, 5.74) is 1.95. The Kier molecular flexibility index (Phi) is 5.01. The first-order valence-electron chi connectivity index (χ1n) is 7.12. The molecule has 0 radical (unpaired) electrons. The van der Waals surface area contributed by atoms with Crippen molar-refractivity contribution >= 4 is 17.5 Å². The van der Waals surface area contributed by atoms with Crippen LogP contribution in [-0.4, -0.2) is 15.0 Å². The fourth-order valence-electron chi connectivity index (χ4n) is 2.04. The average molecular weight is 327 g/mol. The van der Waals surface area contributed by atoms with Gasteiger partial charge in [0.25, 0.3) is 0 Å². The van der Waals surface area contributed by atoms with Gasteiger partial charge in [0.2, 0.25) is 5.95 Å². The molecular weight excluding hydrogens is 312 g/mol. The van der Waals surface area contributed by atoms with E-state index in [1.807, 2.05) is 30.3 Å². The summed E-state index contributed by atoms with van der Waals surface area (Å²) in [5.74, 6) is 1.33. The van der Waals surface area contributed by atoms with E-state index in [4.69, 9.17) is 16.3 Å². The third-order valence-electron chi connectivity index (χ3n) is 3.14. The highest BCUT2D eigenvalue weighted by Gasteiger charge is 2.06. The van der Waals surface area contributed by atoms with Gasteiger partial charge in [0.15, 0.2) is 0 Å². The first-order valence-corrected chi connectivity index (χ1v) is 7.50. The van der Waals surface area contributed by atoms with Gasteiger partial charge in [-0.2, -0.15) is 0 Å². The molecule has 1 aromatic carbocycles. The highest BCUT2D eigenvalue weighted by Crippen LogP contribution is 2.24. The summed E-state index contributed by atoms with van der Waals surface area (Å²) in [7, 11) is 0. The van der Waals surface area contributed by atoms with Gasteiger partial charge in [-0.3, -0.25) is 4.98 Å². The van der Waals surface area contributed by atoms with Crippen LogP contribution in [-0.2, 0) is 13.2 Å². The second-order valence-electron chi connectivity index (χ2n) is 4.83. The van der Waals surface area contributed by atoms with Gasteiger partial charge in [-0.25, -0.2) is 9.97 Å². The summed E-state index contributed by atoms with van der Waals surface area (Å²) >= 11 is 6.09. The third kappa shape index (κ3) is 4.40. The summed E-state index contributed by atoms with van der Waals surface area (Å²) in [6.07, 6.45) is 6.90. The number of nitrogens with one attached hydrogen (secondary N) is 1. The summed E-state index contributed by atoms with van der Waals surface area (Å²) in [4.78, 5) is 12.3. The van der Waals surface area contributed by atoms with Crippen molar-refractivity contribution in [2.45, 2.75) is 13.2 Å². The number of rotatable bonds is 6. The Bertz CT molecular complexity index is 753. The fraction of sp³-hybridized carbons (Fsp3) is 0.118. The van der Waals surface area contributed by atoms with Gasteiger partial charge in [0.05, 0.1) is 0 Å². The van der Waals surface area contributed by atoms with E-state index in [9.17, 15) is 0 Å². The Morgan fingerprint density at radius 3 is 2.70 bits per heavy atom. The van der Waals surface area contributed by atoms with Crippen LogP contribution in [0.3, 0.4) is 0 Å². The van der Waals surface area contributed by atoms with Crippen LogP contribution in [0.5, 0.6) is 5.75 Å². The predicted octanol–water partition coefficient (Wildman–Crippen LogP) is 3.72. The average Bonchev–Trinajstić information content (AvgIpc) is 2.61. The highest BCUT2D eigenvalue weighted by atomic mass is 35.5. The Labute approximate surface area is 139 Å². The van der Waals surface area contributed by atoms with E-state index >= 15 is 0 Å². The number of aromatic nitrogens is 3.